The topological polar surface area (TPSA) is 93.2 Å². The molecule has 0 fully saturated rings. The molecule has 0 aliphatic rings. The Bertz CT molecular complexity index is 604. The third-order valence-electron chi connectivity index (χ3n) is 2.54. The van der Waals surface area contributed by atoms with E-state index in [1.54, 1.807) is 23.9 Å². The van der Waals surface area contributed by atoms with Crippen LogP contribution in [0.3, 0.4) is 0 Å². The van der Waals surface area contributed by atoms with E-state index in [4.69, 9.17) is 5.73 Å². The number of nitrogens with one attached hydrogen (secondary N) is 1. The molecule has 0 aliphatic carbocycles. The van der Waals surface area contributed by atoms with Crippen LogP contribution < -0.4 is 11.1 Å². The second-order valence-corrected chi connectivity index (χ2v) is 4.02. The highest BCUT2D eigenvalue weighted by molar-refractivity contribution is 6.04. The minimum Gasteiger partial charge on any atom is -0.506 e. The predicted molar refractivity (Wildman–Crippen MR) is 68.4 cm³/mol. The molecule has 94 valence electrons. The van der Waals surface area contributed by atoms with Crippen LogP contribution in [0.25, 0.3) is 0 Å². The van der Waals surface area contributed by atoms with Crippen LogP contribution in [-0.4, -0.2) is 20.8 Å². The molecular weight excluding hydrogens is 232 g/mol. The summed E-state index contributed by atoms with van der Waals surface area (Å²) in [4.78, 5) is 11.9. The number of aromatic hydroxyl groups is 1. The van der Waals surface area contributed by atoms with Gasteiger partial charge in [0, 0.05) is 18.7 Å². The maximum Gasteiger partial charge on any atom is 0.256 e. The number of aryl methyl sites for hydroxylation is 2. The fourth-order valence-corrected chi connectivity index (χ4v) is 1.60. The van der Waals surface area contributed by atoms with E-state index in [0.717, 1.165) is 5.69 Å². The van der Waals surface area contributed by atoms with Crippen LogP contribution in [0.5, 0.6) is 5.75 Å². The van der Waals surface area contributed by atoms with Crippen molar-refractivity contribution >= 4 is 17.4 Å². The Labute approximate surface area is 104 Å². The van der Waals surface area contributed by atoms with Crippen LogP contribution in [0.4, 0.5) is 11.5 Å². The highest BCUT2D eigenvalue weighted by Gasteiger charge is 2.10. The zero-order chi connectivity index (χ0) is 13.3. The Balaban J connectivity index is 2.22. The average Bonchev–Trinajstić information content (AvgIpc) is 2.61. The van der Waals surface area contributed by atoms with Gasteiger partial charge in [-0.3, -0.25) is 9.48 Å². The smallest absolute Gasteiger partial charge is 0.256 e. The van der Waals surface area contributed by atoms with E-state index in [-0.39, 0.29) is 17.3 Å². The van der Waals surface area contributed by atoms with Crippen LogP contribution in [-0.2, 0) is 7.05 Å². The fraction of sp³-hybridized carbons (Fsp3) is 0.167. The molecule has 0 saturated carbocycles. The molecule has 6 heteroatoms. The number of carbonyl (C=O) groups is 1. The second-order valence-electron chi connectivity index (χ2n) is 4.02. The first kappa shape index (κ1) is 12.0. The van der Waals surface area contributed by atoms with Gasteiger partial charge in [0.2, 0.25) is 0 Å². The average molecular weight is 246 g/mol. The van der Waals surface area contributed by atoms with Gasteiger partial charge in [-0.2, -0.15) is 5.10 Å². The molecule has 1 aromatic carbocycles. The van der Waals surface area contributed by atoms with Gasteiger partial charge in [0.15, 0.2) is 0 Å². The van der Waals surface area contributed by atoms with Crippen molar-refractivity contribution in [1.29, 1.82) is 0 Å². The lowest BCUT2D eigenvalue weighted by molar-refractivity contribution is 0.102. The van der Waals surface area contributed by atoms with Gasteiger partial charge in [-0.15, -0.1) is 0 Å². The van der Waals surface area contributed by atoms with Crippen LogP contribution in [0, 0.1) is 6.92 Å². The summed E-state index contributed by atoms with van der Waals surface area (Å²) in [7, 11) is 1.74. The number of hydrogen-bond donors (Lipinski definition) is 3. The molecular formula is C12H14N4O2. The number of nitrogens with zero attached hydrogens (tertiary/aromatic N) is 2. The van der Waals surface area contributed by atoms with Gasteiger partial charge in [0.1, 0.15) is 11.6 Å². The van der Waals surface area contributed by atoms with Crippen molar-refractivity contribution in [2.24, 2.45) is 7.05 Å². The van der Waals surface area contributed by atoms with E-state index in [1.165, 1.54) is 12.1 Å². The number of hydrogen-bond acceptors (Lipinski definition) is 4. The van der Waals surface area contributed by atoms with Crippen molar-refractivity contribution in [3.05, 3.63) is 35.5 Å². The molecule has 0 spiro atoms. The summed E-state index contributed by atoms with van der Waals surface area (Å²) in [5.41, 5.74) is 6.86. The Kier molecular flexibility index (Phi) is 2.93. The number of benzene rings is 1. The number of nitrogen functional groups attached to an aromatic ring is 1. The summed E-state index contributed by atoms with van der Waals surface area (Å²) >= 11 is 0. The Morgan fingerprint density at radius 1 is 1.44 bits per heavy atom. The highest BCUT2D eigenvalue weighted by atomic mass is 16.3. The van der Waals surface area contributed by atoms with Crippen LogP contribution in [0.1, 0.15) is 16.1 Å². The van der Waals surface area contributed by atoms with E-state index in [2.05, 4.69) is 10.4 Å². The van der Waals surface area contributed by atoms with Crippen LogP contribution in [0.15, 0.2) is 24.3 Å². The maximum absolute atomic E-state index is 11.9. The molecule has 6 nitrogen and oxygen atoms in total. The highest BCUT2D eigenvalue weighted by Crippen LogP contribution is 2.21. The van der Waals surface area contributed by atoms with Crippen molar-refractivity contribution in [3.63, 3.8) is 0 Å². The standard InChI is InChI=1S/C12H14N4O2/c1-7-5-11(16(2)15-7)14-12(18)8-3-4-9(13)10(17)6-8/h3-6,17H,13H2,1-2H3,(H,14,18). The number of aromatic nitrogens is 2. The monoisotopic (exact) mass is 246 g/mol. The molecule has 18 heavy (non-hydrogen) atoms. The molecule has 0 bridgehead atoms. The molecule has 2 aromatic rings. The van der Waals surface area contributed by atoms with E-state index >= 15 is 0 Å². The summed E-state index contributed by atoms with van der Waals surface area (Å²) in [5, 5.41) is 16.3. The zero-order valence-corrected chi connectivity index (χ0v) is 10.1. The third kappa shape index (κ3) is 2.27. The van der Waals surface area contributed by atoms with Crippen molar-refractivity contribution < 1.29 is 9.90 Å². The second kappa shape index (κ2) is 4.40. The number of carbonyl (C=O) groups excluding carboxylic acids is 1. The molecule has 1 aromatic heterocycles. The summed E-state index contributed by atoms with van der Waals surface area (Å²) in [6.45, 7) is 1.84. The zero-order valence-electron chi connectivity index (χ0n) is 10.1. The Morgan fingerprint density at radius 3 is 2.72 bits per heavy atom. The molecule has 0 radical (unpaired) electrons. The Morgan fingerprint density at radius 2 is 2.17 bits per heavy atom. The van der Waals surface area contributed by atoms with Crippen LogP contribution >= 0.6 is 0 Å². The van der Waals surface area contributed by atoms with E-state index in [0.29, 0.717) is 11.4 Å². The summed E-state index contributed by atoms with van der Waals surface area (Å²) in [6.07, 6.45) is 0. The van der Waals surface area contributed by atoms with E-state index in [9.17, 15) is 9.90 Å². The summed E-state index contributed by atoms with van der Waals surface area (Å²) in [6, 6.07) is 6.12. The lowest BCUT2D eigenvalue weighted by atomic mass is 10.2. The normalized spacial score (nSPS) is 10.3. The van der Waals surface area contributed by atoms with Gasteiger partial charge >= 0.3 is 0 Å². The predicted octanol–water partition coefficient (Wildman–Crippen LogP) is 1.27. The maximum atomic E-state index is 11.9. The van der Waals surface area contributed by atoms with Crippen molar-refractivity contribution in [2.75, 3.05) is 11.1 Å². The quantitative estimate of drug-likeness (QED) is 0.549. The summed E-state index contributed by atoms with van der Waals surface area (Å²) in [5.74, 6) is 0.158. The minimum atomic E-state index is -0.326. The SMILES string of the molecule is Cc1cc(NC(=O)c2ccc(N)c(O)c2)n(C)n1. The molecule has 1 amide bonds. The first-order chi connectivity index (χ1) is 8.47. The lowest BCUT2D eigenvalue weighted by Crippen LogP contribution is -2.14. The van der Waals surface area contributed by atoms with Crippen molar-refractivity contribution in [3.8, 4) is 5.75 Å². The number of phenols is 1. The lowest BCUT2D eigenvalue weighted by Gasteiger charge is -2.06. The molecule has 1 heterocycles. The number of anilines is 2. The first-order valence-corrected chi connectivity index (χ1v) is 5.38. The largest absolute Gasteiger partial charge is 0.506 e. The van der Waals surface area contributed by atoms with Crippen molar-refractivity contribution in [2.45, 2.75) is 6.92 Å². The molecule has 0 atom stereocenters. The van der Waals surface area contributed by atoms with Gasteiger partial charge in [-0.1, -0.05) is 0 Å². The molecule has 0 saturated heterocycles. The number of amides is 1. The number of nitrogens with two attached hydrogens (primary N) is 1. The molecule has 0 unspecified atom stereocenters. The number of rotatable bonds is 2. The first-order valence-electron chi connectivity index (χ1n) is 5.38. The Hall–Kier alpha value is -2.50. The van der Waals surface area contributed by atoms with Gasteiger partial charge in [0.05, 0.1) is 11.4 Å². The van der Waals surface area contributed by atoms with E-state index in [1.807, 2.05) is 6.92 Å². The number of phenolic OH excluding ortho intramolecular Hbond substituents is 1. The molecule has 2 rings (SSSR count). The van der Waals surface area contributed by atoms with Gasteiger partial charge in [0.25, 0.3) is 5.91 Å². The molecule has 4 N–H and O–H groups in total. The van der Waals surface area contributed by atoms with E-state index < -0.39 is 0 Å². The summed E-state index contributed by atoms with van der Waals surface area (Å²) < 4.78 is 1.57. The van der Waals surface area contributed by atoms with Crippen LogP contribution in [0.2, 0.25) is 0 Å². The molecule has 0 aliphatic heterocycles. The van der Waals surface area contributed by atoms with Gasteiger partial charge < -0.3 is 16.2 Å². The van der Waals surface area contributed by atoms with Gasteiger partial charge in [-0.05, 0) is 25.1 Å². The fourth-order valence-electron chi connectivity index (χ4n) is 1.60. The van der Waals surface area contributed by atoms with Crippen molar-refractivity contribution in [1.82, 2.24) is 9.78 Å². The van der Waals surface area contributed by atoms with Gasteiger partial charge in [-0.25, -0.2) is 0 Å². The third-order valence-corrected chi connectivity index (χ3v) is 2.54. The minimum absolute atomic E-state index is 0.108.